The fraction of sp³-hybridized carbons (Fsp3) is 0. The summed E-state index contributed by atoms with van der Waals surface area (Å²) in [5.74, 6) is -0.175. The number of nitro benzene ring substituents is 1. The van der Waals surface area contributed by atoms with Gasteiger partial charge in [0.1, 0.15) is 5.75 Å². The van der Waals surface area contributed by atoms with E-state index in [1.807, 2.05) is 0 Å². The number of carbonyl (C=O) groups excluding carboxylic acids is 1. The second kappa shape index (κ2) is 8.24. The van der Waals surface area contributed by atoms with Gasteiger partial charge in [-0.2, -0.15) is 0 Å². The van der Waals surface area contributed by atoms with Gasteiger partial charge in [0, 0.05) is 17.7 Å². The number of hydrogen-bond acceptors (Lipinski definition) is 5. The summed E-state index contributed by atoms with van der Waals surface area (Å²) in [5, 5.41) is 13.3. The Morgan fingerprint density at radius 1 is 1.00 bits per heavy atom. The standard InChI is InChI=1S/C19H15N2O7P/c22-19(13-5-3-6-14(11-13)21(23)24)20-17-9-1-2-10-18(17)28-15-7-4-8-16(12-15)29(25,26)27/h1-12H,(H,20,22)(H2,25,26,27). The van der Waals surface area contributed by atoms with Gasteiger partial charge in [0.15, 0.2) is 5.75 Å². The van der Waals surface area contributed by atoms with Crippen molar-refractivity contribution < 1.29 is 28.8 Å². The molecule has 0 saturated heterocycles. The molecular formula is C19H15N2O7P. The minimum absolute atomic E-state index is 0.0949. The van der Waals surface area contributed by atoms with Crippen LogP contribution in [0.3, 0.4) is 0 Å². The third-order valence-corrected chi connectivity index (χ3v) is 4.79. The van der Waals surface area contributed by atoms with Crippen LogP contribution in [0.25, 0.3) is 0 Å². The van der Waals surface area contributed by atoms with Crippen LogP contribution in [0.5, 0.6) is 11.5 Å². The SMILES string of the molecule is O=C(Nc1ccccc1Oc1cccc(P(=O)(O)O)c1)c1cccc([N+](=O)[O-])c1. The van der Waals surface area contributed by atoms with Gasteiger partial charge in [-0.25, -0.2) is 0 Å². The topological polar surface area (TPSA) is 139 Å². The number of nitrogens with zero attached hydrogens (tertiary/aromatic N) is 1. The van der Waals surface area contributed by atoms with Gasteiger partial charge in [-0.1, -0.05) is 24.3 Å². The lowest BCUT2D eigenvalue weighted by Gasteiger charge is -2.13. The average molecular weight is 414 g/mol. The molecule has 3 rings (SSSR count). The number of rotatable bonds is 6. The fourth-order valence-electron chi connectivity index (χ4n) is 2.47. The highest BCUT2D eigenvalue weighted by atomic mass is 31.2. The molecule has 0 aromatic heterocycles. The van der Waals surface area contributed by atoms with E-state index >= 15 is 0 Å². The first-order chi connectivity index (χ1) is 13.7. The minimum atomic E-state index is -4.44. The molecule has 0 atom stereocenters. The van der Waals surface area contributed by atoms with Gasteiger partial charge in [0.2, 0.25) is 0 Å². The van der Waals surface area contributed by atoms with E-state index in [0.29, 0.717) is 0 Å². The van der Waals surface area contributed by atoms with Crippen LogP contribution in [0.1, 0.15) is 10.4 Å². The molecule has 148 valence electrons. The predicted molar refractivity (Wildman–Crippen MR) is 106 cm³/mol. The van der Waals surface area contributed by atoms with E-state index in [1.54, 1.807) is 24.3 Å². The van der Waals surface area contributed by atoms with Crippen LogP contribution in [0.2, 0.25) is 0 Å². The van der Waals surface area contributed by atoms with Crippen LogP contribution in [0.15, 0.2) is 72.8 Å². The third kappa shape index (κ3) is 5.05. The number of amides is 1. The largest absolute Gasteiger partial charge is 0.455 e. The summed E-state index contributed by atoms with van der Waals surface area (Å²) in [6.45, 7) is 0. The normalized spacial score (nSPS) is 11.0. The zero-order valence-electron chi connectivity index (χ0n) is 14.8. The van der Waals surface area contributed by atoms with Gasteiger partial charge in [-0.3, -0.25) is 19.5 Å². The lowest BCUT2D eigenvalue weighted by Crippen LogP contribution is -2.12. The summed E-state index contributed by atoms with van der Waals surface area (Å²) in [7, 11) is -4.44. The van der Waals surface area contributed by atoms with Crippen molar-refractivity contribution in [3.8, 4) is 11.5 Å². The number of anilines is 1. The number of carbonyl (C=O) groups is 1. The zero-order chi connectivity index (χ0) is 21.0. The van der Waals surface area contributed by atoms with Crippen molar-refractivity contribution in [3.05, 3.63) is 88.5 Å². The first kappa shape index (κ1) is 20.2. The minimum Gasteiger partial charge on any atom is -0.455 e. The van der Waals surface area contributed by atoms with E-state index < -0.39 is 18.4 Å². The Morgan fingerprint density at radius 3 is 2.45 bits per heavy atom. The summed E-state index contributed by atoms with van der Waals surface area (Å²) >= 11 is 0. The second-order valence-electron chi connectivity index (χ2n) is 5.90. The maximum absolute atomic E-state index is 12.5. The zero-order valence-corrected chi connectivity index (χ0v) is 15.7. The summed E-state index contributed by atoms with van der Waals surface area (Å²) < 4.78 is 17.1. The number of non-ortho nitro benzene ring substituents is 1. The molecule has 0 heterocycles. The van der Waals surface area contributed by atoms with Crippen LogP contribution < -0.4 is 15.4 Å². The summed E-state index contributed by atoms with van der Waals surface area (Å²) in [6, 6.07) is 17.2. The Labute approximate surface area is 164 Å². The molecule has 1 amide bonds. The smallest absolute Gasteiger partial charge is 0.356 e. The number of nitro groups is 1. The molecule has 0 aliphatic rings. The van der Waals surface area contributed by atoms with Crippen molar-refractivity contribution in [2.75, 3.05) is 5.32 Å². The van der Waals surface area contributed by atoms with Crippen molar-refractivity contribution in [2.24, 2.45) is 0 Å². The fourth-order valence-corrected chi connectivity index (χ4v) is 3.04. The van der Waals surface area contributed by atoms with Crippen LogP contribution in [-0.4, -0.2) is 20.6 Å². The highest BCUT2D eigenvalue weighted by Crippen LogP contribution is 2.36. The van der Waals surface area contributed by atoms with Gasteiger partial charge in [0.05, 0.1) is 15.9 Å². The monoisotopic (exact) mass is 414 g/mol. The molecule has 3 N–H and O–H groups in total. The van der Waals surface area contributed by atoms with E-state index in [4.69, 9.17) is 4.74 Å². The first-order valence-corrected chi connectivity index (χ1v) is 9.84. The molecule has 3 aromatic carbocycles. The Balaban J connectivity index is 1.85. The van der Waals surface area contributed by atoms with E-state index in [2.05, 4.69) is 5.32 Å². The highest BCUT2D eigenvalue weighted by Gasteiger charge is 2.18. The maximum Gasteiger partial charge on any atom is 0.356 e. The van der Waals surface area contributed by atoms with Crippen LogP contribution >= 0.6 is 7.60 Å². The molecule has 9 nitrogen and oxygen atoms in total. The molecular weight excluding hydrogens is 399 g/mol. The van der Waals surface area contributed by atoms with E-state index in [9.17, 15) is 29.3 Å². The van der Waals surface area contributed by atoms with Crippen LogP contribution in [-0.2, 0) is 4.57 Å². The first-order valence-electron chi connectivity index (χ1n) is 8.23. The number of ether oxygens (including phenoxy) is 1. The number of benzene rings is 3. The molecule has 3 aromatic rings. The van der Waals surface area contributed by atoms with Crippen molar-refractivity contribution in [1.29, 1.82) is 0 Å². The van der Waals surface area contributed by atoms with Crippen molar-refractivity contribution in [1.82, 2.24) is 0 Å². The molecule has 0 saturated carbocycles. The number of hydrogen-bond donors (Lipinski definition) is 3. The Hall–Kier alpha value is -3.52. The van der Waals surface area contributed by atoms with E-state index in [0.717, 1.165) is 6.07 Å². The molecule has 10 heteroatoms. The van der Waals surface area contributed by atoms with E-state index in [-0.39, 0.29) is 33.7 Å². The second-order valence-corrected chi connectivity index (χ2v) is 7.51. The van der Waals surface area contributed by atoms with Gasteiger partial charge in [-0.05, 0) is 36.4 Å². The predicted octanol–water partition coefficient (Wildman–Crippen LogP) is 3.44. The molecule has 0 bridgehead atoms. The Morgan fingerprint density at radius 2 is 1.72 bits per heavy atom. The average Bonchev–Trinajstić information content (AvgIpc) is 2.69. The third-order valence-electron chi connectivity index (χ3n) is 3.84. The molecule has 29 heavy (non-hydrogen) atoms. The van der Waals surface area contributed by atoms with Gasteiger partial charge in [-0.15, -0.1) is 0 Å². The Kier molecular flexibility index (Phi) is 5.74. The van der Waals surface area contributed by atoms with Crippen molar-refractivity contribution in [2.45, 2.75) is 0 Å². The Bertz CT molecular complexity index is 1130. The van der Waals surface area contributed by atoms with Crippen molar-refractivity contribution in [3.63, 3.8) is 0 Å². The quantitative estimate of drug-likeness (QED) is 0.319. The van der Waals surface area contributed by atoms with Gasteiger partial charge in [0.25, 0.3) is 11.6 Å². The molecule has 0 spiro atoms. The van der Waals surface area contributed by atoms with Crippen LogP contribution in [0.4, 0.5) is 11.4 Å². The lowest BCUT2D eigenvalue weighted by molar-refractivity contribution is -0.384. The van der Waals surface area contributed by atoms with Crippen molar-refractivity contribution >= 4 is 30.2 Å². The molecule has 0 radical (unpaired) electrons. The lowest BCUT2D eigenvalue weighted by atomic mass is 10.2. The molecule has 0 fully saturated rings. The molecule has 0 unspecified atom stereocenters. The molecule has 0 aliphatic heterocycles. The van der Waals surface area contributed by atoms with E-state index in [1.165, 1.54) is 42.5 Å². The number of para-hydroxylation sites is 2. The van der Waals surface area contributed by atoms with Crippen LogP contribution in [0, 0.1) is 10.1 Å². The van der Waals surface area contributed by atoms with Gasteiger partial charge < -0.3 is 19.8 Å². The summed E-state index contributed by atoms with van der Waals surface area (Å²) in [5.41, 5.74) is 0.166. The molecule has 0 aliphatic carbocycles. The number of nitrogens with one attached hydrogen (secondary N) is 1. The highest BCUT2D eigenvalue weighted by molar-refractivity contribution is 7.60. The van der Waals surface area contributed by atoms with Gasteiger partial charge >= 0.3 is 7.60 Å². The summed E-state index contributed by atoms with van der Waals surface area (Å²) in [6.07, 6.45) is 0. The summed E-state index contributed by atoms with van der Waals surface area (Å²) in [4.78, 5) is 41.4. The maximum atomic E-state index is 12.5.